The van der Waals surface area contributed by atoms with Gasteiger partial charge >= 0.3 is 0 Å². The minimum Gasteiger partial charge on any atom is -0.384 e. The van der Waals surface area contributed by atoms with Crippen molar-refractivity contribution in [1.29, 1.82) is 0 Å². The van der Waals surface area contributed by atoms with E-state index in [0.717, 1.165) is 36.5 Å². The monoisotopic (exact) mass is 301 g/mol. The van der Waals surface area contributed by atoms with Gasteiger partial charge in [0.2, 0.25) is 0 Å². The van der Waals surface area contributed by atoms with Gasteiger partial charge in [-0.25, -0.2) is 15.0 Å². The van der Waals surface area contributed by atoms with E-state index in [1.54, 1.807) is 13.2 Å². The Morgan fingerprint density at radius 1 is 1.32 bits per heavy atom. The number of fused-ring (bicyclic) bond motifs is 1. The van der Waals surface area contributed by atoms with Crippen molar-refractivity contribution in [2.45, 2.75) is 38.2 Å². The van der Waals surface area contributed by atoms with Crippen LogP contribution in [0.2, 0.25) is 0 Å². The van der Waals surface area contributed by atoms with Gasteiger partial charge in [0.1, 0.15) is 18.0 Å². The summed E-state index contributed by atoms with van der Waals surface area (Å²) in [6.45, 7) is 3.05. The number of anilines is 2. The lowest BCUT2D eigenvalue weighted by Crippen LogP contribution is -2.42. The first-order chi connectivity index (χ1) is 10.6. The number of pyridine rings is 1. The number of nitrogen functional groups attached to an aromatic ring is 1. The lowest BCUT2D eigenvalue weighted by Gasteiger charge is -2.38. The zero-order chi connectivity index (χ0) is 15.6. The number of nitrogens with two attached hydrogens (primary N) is 1. The molecule has 3 N–H and O–H groups in total. The van der Waals surface area contributed by atoms with Gasteiger partial charge in [0, 0.05) is 13.7 Å². The van der Waals surface area contributed by atoms with Gasteiger partial charge in [-0.3, -0.25) is 0 Å². The molecule has 2 heterocycles. The quantitative estimate of drug-likeness (QED) is 0.903. The Bertz CT molecular complexity index is 652. The van der Waals surface area contributed by atoms with Crippen LogP contribution in [0.3, 0.4) is 0 Å². The Hall–Kier alpha value is -1.95. The second-order valence-corrected chi connectivity index (χ2v) is 6.25. The highest BCUT2D eigenvalue weighted by atomic mass is 16.5. The SMILES string of the molecule is COC1(CNc2ncnc3nc(N)ccc23)CCC(C)CC1. The molecule has 0 aliphatic heterocycles. The average Bonchev–Trinajstić information content (AvgIpc) is 2.54. The molecule has 0 saturated heterocycles. The van der Waals surface area contributed by atoms with Crippen LogP contribution in [0.15, 0.2) is 18.5 Å². The minimum atomic E-state index is -0.106. The third kappa shape index (κ3) is 2.97. The molecule has 6 heteroatoms. The molecule has 22 heavy (non-hydrogen) atoms. The Morgan fingerprint density at radius 3 is 2.82 bits per heavy atom. The molecule has 3 rings (SSSR count). The molecule has 0 radical (unpaired) electrons. The maximum Gasteiger partial charge on any atom is 0.166 e. The van der Waals surface area contributed by atoms with Gasteiger partial charge in [-0.15, -0.1) is 0 Å². The highest BCUT2D eigenvalue weighted by Crippen LogP contribution is 2.34. The molecule has 0 bridgehead atoms. The number of rotatable bonds is 4. The van der Waals surface area contributed by atoms with Gasteiger partial charge in [0.25, 0.3) is 0 Å². The summed E-state index contributed by atoms with van der Waals surface area (Å²) < 4.78 is 5.84. The fourth-order valence-electron chi connectivity index (χ4n) is 3.08. The fourth-order valence-corrected chi connectivity index (χ4v) is 3.08. The number of aromatic nitrogens is 3. The van der Waals surface area contributed by atoms with E-state index in [0.29, 0.717) is 11.5 Å². The topological polar surface area (TPSA) is 86.0 Å². The van der Waals surface area contributed by atoms with Crippen molar-refractivity contribution in [2.24, 2.45) is 5.92 Å². The standard InChI is InChI=1S/C16H23N5O/c1-11-5-7-16(22-2,8-6-11)9-18-14-12-3-4-13(17)21-15(12)20-10-19-14/h3-4,10-11H,5-9H2,1-2H3,(H3,17,18,19,20,21). The van der Waals surface area contributed by atoms with Crippen molar-refractivity contribution in [1.82, 2.24) is 15.0 Å². The summed E-state index contributed by atoms with van der Waals surface area (Å²) in [5, 5.41) is 4.31. The zero-order valence-electron chi connectivity index (χ0n) is 13.2. The van der Waals surface area contributed by atoms with E-state index in [-0.39, 0.29) is 5.60 Å². The van der Waals surface area contributed by atoms with Crippen molar-refractivity contribution in [3.8, 4) is 0 Å². The van der Waals surface area contributed by atoms with Crippen molar-refractivity contribution in [2.75, 3.05) is 24.7 Å². The van der Waals surface area contributed by atoms with Crippen LogP contribution in [0.1, 0.15) is 32.6 Å². The molecule has 1 aliphatic rings. The van der Waals surface area contributed by atoms with E-state index in [4.69, 9.17) is 10.5 Å². The summed E-state index contributed by atoms with van der Waals surface area (Å²) in [5.74, 6) is 2.04. The summed E-state index contributed by atoms with van der Waals surface area (Å²) in [6.07, 6.45) is 6.08. The number of ether oxygens (including phenoxy) is 1. The van der Waals surface area contributed by atoms with Gasteiger partial charge in [-0.1, -0.05) is 6.92 Å². The second kappa shape index (κ2) is 6.04. The number of nitrogens with zero attached hydrogens (tertiary/aromatic N) is 3. The Kier molecular flexibility index (Phi) is 4.11. The molecular weight excluding hydrogens is 278 g/mol. The van der Waals surface area contributed by atoms with Crippen LogP contribution in [0.4, 0.5) is 11.6 Å². The predicted molar refractivity (Wildman–Crippen MR) is 87.6 cm³/mol. The molecule has 0 amide bonds. The fraction of sp³-hybridized carbons (Fsp3) is 0.562. The lowest BCUT2D eigenvalue weighted by atomic mass is 9.79. The van der Waals surface area contributed by atoms with Crippen LogP contribution in [-0.2, 0) is 4.74 Å². The number of hydrogen-bond acceptors (Lipinski definition) is 6. The van der Waals surface area contributed by atoms with Crippen molar-refractivity contribution in [3.05, 3.63) is 18.5 Å². The van der Waals surface area contributed by atoms with Crippen LogP contribution < -0.4 is 11.1 Å². The highest BCUT2D eigenvalue weighted by molar-refractivity contribution is 5.87. The first-order valence-corrected chi connectivity index (χ1v) is 7.78. The van der Waals surface area contributed by atoms with Gasteiger partial charge < -0.3 is 15.8 Å². The molecule has 0 spiro atoms. The largest absolute Gasteiger partial charge is 0.384 e. The maximum absolute atomic E-state index is 5.84. The van der Waals surface area contributed by atoms with Gasteiger partial charge in [0.05, 0.1) is 11.0 Å². The number of nitrogens with one attached hydrogen (secondary N) is 1. The third-order valence-corrected chi connectivity index (χ3v) is 4.72. The average molecular weight is 301 g/mol. The van der Waals surface area contributed by atoms with Crippen LogP contribution >= 0.6 is 0 Å². The lowest BCUT2D eigenvalue weighted by molar-refractivity contribution is -0.0366. The summed E-state index contributed by atoms with van der Waals surface area (Å²) in [4.78, 5) is 12.7. The predicted octanol–water partition coefficient (Wildman–Crippen LogP) is 2.61. The highest BCUT2D eigenvalue weighted by Gasteiger charge is 2.34. The summed E-state index contributed by atoms with van der Waals surface area (Å²) in [5.41, 5.74) is 6.21. The molecule has 118 valence electrons. The number of hydrogen-bond donors (Lipinski definition) is 2. The normalized spacial score (nSPS) is 25.3. The molecule has 1 fully saturated rings. The van der Waals surface area contributed by atoms with Crippen LogP contribution in [0.5, 0.6) is 0 Å². The van der Waals surface area contributed by atoms with Crippen molar-refractivity contribution >= 4 is 22.7 Å². The van der Waals surface area contributed by atoms with Gasteiger partial charge in [-0.05, 0) is 43.7 Å². The van der Waals surface area contributed by atoms with E-state index < -0.39 is 0 Å². The van der Waals surface area contributed by atoms with E-state index >= 15 is 0 Å². The van der Waals surface area contributed by atoms with Crippen molar-refractivity contribution < 1.29 is 4.74 Å². The molecule has 0 aromatic carbocycles. The molecule has 1 aliphatic carbocycles. The molecule has 6 nitrogen and oxygen atoms in total. The molecule has 1 saturated carbocycles. The minimum absolute atomic E-state index is 0.106. The first-order valence-electron chi connectivity index (χ1n) is 7.78. The van der Waals surface area contributed by atoms with Crippen LogP contribution in [0, 0.1) is 5.92 Å². The first kappa shape index (κ1) is 15.0. The van der Waals surface area contributed by atoms with Crippen LogP contribution in [0.25, 0.3) is 11.0 Å². The molecule has 0 unspecified atom stereocenters. The smallest absolute Gasteiger partial charge is 0.166 e. The Balaban J connectivity index is 1.78. The Labute approximate surface area is 130 Å². The van der Waals surface area contributed by atoms with E-state index in [1.807, 2.05) is 6.07 Å². The number of methoxy groups -OCH3 is 1. The summed E-state index contributed by atoms with van der Waals surface area (Å²) in [7, 11) is 1.80. The van der Waals surface area contributed by atoms with E-state index in [1.165, 1.54) is 19.2 Å². The van der Waals surface area contributed by atoms with Gasteiger partial charge in [-0.2, -0.15) is 0 Å². The van der Waals surface area contributed by atoms with Gasteiger partial charge in [0.15, 0.2) is 5.65 Å². The summed E-state index contributed by atoms with van der Waals surface area (Å²) in [6, 6.07) is 3.67. The summed E-state index contributed by atoms with van der Waals surface area (Å²) >= 11 is 0. The second-order valence-electron chi connectivity index (χ2n) is 6.25. The molecular formula is C16H23N5O. The van der Waals surface area contributed by atoms with E-state index in [9.17, 15) is 0 Å². The maximum atomic E-state index is 5.84. The van der Waals surface area contributed by atoms with E-state index in [2.05, 4.69) is 27.2 Å². The van der Waals surface area contributed by atoms with Crippen LogP contribution in [-0.4, -0.2) is 34.2 Å². The Morgan fingerprint density at radius 2 is 2.09 bits per heavy atom. The molecule has 0 atom stereocenters. The zero-order valence-corrected chi connectivity index (χ0v) is 13.2. The molecule has 2 aromatic rings. The third-order valence-electron chi connectivity index (χ3n) is 4.72. The van der Waals surface area contributed by atoms with Crippen molar-refractivity contribution in [3.63, 3.8) is 0 Å². The molecule has 2 aromatic heterocycles.